The van der Waals surface area contributed by atoms with Crippen molar-refractivity contribution >= 4 is 46.0 Å². The third-order valence-corrected chi connectivity index (χ3v) is 8.19. The van der Waals surface area contributed by atoms with E-state index in [1.165, 1.54) is 12.8 Å². The molecule has 0 bridgehead atoms. The first-order valence-electron chi connectivity index (χ1n) is 12.7. The number of likely N-dealkylation sites (tertiary alicyclic amines) is 1. The van der Waals surface area contributed by atoms with Crippen LogP contribution in [-0.4, -0.2) is 59.4 Å². The van der Waals surface area contributed by atoms with Crippen LogP contribution in [0, 0.1) is 11.8 Å². The average molecular weight is 534 g/mol. The molecule has 0 amide bonds. The monoisotopic (exact) mass is 532 g/mol. The number of hydrogen-bond donors (Lipinski definition) is 3. The molecule has 2 aliphatic rings. The summed E-state index contributed by atoms with van der Waals surface area (Å²) in [7, 11) is 0. The van der Waals surface area contributed by atoms with Crippen molar-refractivity contribution < 1.29 is 14.6 Å². The van der Waals surface area contributed by atoms with Gasteiger partial charge < -0.3 is 29.7 Å². The van der Waals surface area contributed by atoms with Crippen molar-refractivity contribution in [3.8, 4) is 0 Å². The Morgan fingerprint density at radius 2 is 1.89 bits per heavy atom. The maximum absolute atomic E-state index is 10.5. The van der Waals surface area contributed by atoms with Crippen LogP contribution in [-0.2, 0) is 0 Å². The van der Waals surface area contributed by atoms with E-state index in [2.05, 4.69) is 15.1 Å². The number of nitrogens with zero attached hydrogens (tertiary/aromatic N) is 3. The number of rotatable bonds is 8. The van der Waals surface area contributed by atoms with E-state index in [1.807, 2.05) is 31.2 Å². The fourth-order valence-corrected chi connectivity index (χ4v) is 6.13. The van der Waals surface area contributed by atoms with Crippen LogP contribution < -0.4 is 10.2 Å². The molecule has 3 atom stereocenters. The number of aromatic nitrogens is 1. The molecule has 194 valence electrons. The lowest BCUT2D eigenvalue weighted by Crippen LogP contribution is -2.53. The molecule has 2 fully saturated rings. The smallest absolute Gasteiger partial charge is 0.298 e. The lowest BCUT2D eigenvalue weighted by atomic mass is 9.81. The molecule has 0 saturated carbocycles. The van der Waals surface area contributed by atoms with E-state index in [1.54, 1.807) is 13.0 Å². The highest BCUT2D eigenvalue weighted by molar-refractivity contribution is 6.35. The maximum Gasteiger partial charge on any atom is 0.298 e. The number of piperidine rings is 1. The highest BCUT2D eigenvalue weighted by Gasteiger charge is 2.37. The van der Waals surface area contributed by atoms with Crippen molar-refractivity contribution in [2.75, 3.05) is 49.5 Å². The van der Waals surface area contributed by atoms with Gasteiger partial charge in [0.15, 0.2) is 5.58 Å². The van der Waals surface area contributed by atoms with Crippen LogP contribution in [0.15, 0.2) is 34.7 Å². The summed E-state index contributed by atoms with van der Waals surface area (Å²) in [5.41, 5.74) is 3.76. The Morgan fingerprint density at radius 1 is 1.11 bits per heavy atom. The molecule has 2 saturated heterocycles. The average Bonchev–Trinajstić information content (AvgIpc) is 3.22. The van der Waals surface area contributed by atoms with Crippen LogP contribution >= 0.6 is 23.2 Å². The third kappa shape index (κ3) is 5.18. The molecule has 0 radical (unpaired) electrons. The zero-order valence-corrected chi connectivity index (χ0v) is 22.3. The van der Waals surface area contributed by atoms with Gasteiger partial charge in [0.1, 0.15) is 5.52 Å². The minimum Gasteiger partial charge on any atom is -0.421 e. The quantitative estimate of drug-likeness (QED) is 0.353. The molecule has 2 aliphatic heterocycles. The standard InChI is InChI=1S/C27H34Cl2N4O3/c1-16(21-6-5-20(28)12-23(21)29)30-25-22(17(2)35)7-8-24-26(25)36-27(31-24)33-14-19(15-33)18-4-3-9-32(13-18)10-11-34/h5-8,12,16-19,30,34-35H,3-4,9-11,13-15H2,1-2H3/t16-,17?,18+/m1/s1. The SMILES string of the molecule is CC(O)c1ccc2nc(N3CC([C@H]4CCCN(CCO)C4)C3)oc2c1N[C@H](C)c1ccc(Cl)cc1Cl. The summed E-state index contributed by atoms with van der Waals surface area (Å²) >= 11 is 12.5. The summed E-state index contributed by atoms with van der Waals surface area (Å²) in [6.07, 6.45) is 1.75. The Hall–Kier alpha value is -2.03. The zero-order valence-electron chi connectivity index (χ0n) is 20.8. The summed E-state index contributed by atoms with van der Waals surface area (Å²) in [5.74, 6) is 1.26. The van der Waals surface area contributed by atoms with Crippen molar-refractivity contribution in [3.05, 3.63) is 51.5 Å². The van der Waals surface area contributed by atoms with Gasteiger partial charge in [-0.3, -0.25) is 0 Å². The van der Waals surface area contributed by atoms with Gasteiger partial charge in [0.25, 0.3) is 6.01 Å². The first kappa shape index (κ1) is 25.6. The summed E-state index contributed by atoms with van der Waals surface area (Å²) in [6.45, 7) is 8.73. The number of halogens is 2. The number of oxazole rings is 1. The van der Waals surface area contributed by atoms with Crippen LogP contribution in [0.25, 0.3) is 11.1 Å². The van der Waals surface area contributed by atoms with E-state index in [-0.39, 0.29) is 12.6 Å². The number of fused-ring (bicyclic) bond motifs is 1. The molecule has 0 aliphatic carbocycles. The van der Waals surface area contributed by atoms with Crippen LogP contribution in [0.3, 0.4) is 0 Å². The van der Waals surface area contributed by atoms with Gasteiger partial charge in [-0.2, -0.15) is 4.98 Å². The molecule has 2 aromatic carbocycles. The van der Waals surface area contributed by atoms with Gasteiger partial charge in [-0.25, -0.2) is 0 Å². The molecule has 3 heterocycles. The first-order valence-corrected chi connectivity index (χ1v) is 13.5. The molecule has 5 rings (SSSR count). The molecule has 7 nitrogen and oxygen atoms in total. The minimum absolute atomic E-state index is 0.145. The van der Waals surface area contributed by atoms with Crippen LogP contribution in [0.4, 0.5) is 11.7 Å². The second-order valence-electron chi connectivity index (χ2n) is 10.2. The molecule has 9 heteroatoms. The van der Waals surface area contributed by atoms with Gasteiger partial charge in [-0.1, -0.05) is 35.3 Å². The van der Waals surface area contributed by atoms with Crippen molar-refractivity contribution in [2.24, 2.45) is 11.8 Å². The Bertz CT molecular complexity index is 1210. The number of anilines is 2. The second-order valence-corrected chi connectivity index (χ2v) is 11.0. The number of nitrogens with one attached hydrogen (secondary N) is 1. The Morgan fingerprint density at radius 3 is 2.61 bits per heavy atom. The van der Waals surface area contributed by atoms with Crippen LogP contribution in [0.5, 0.6) is 0 Å². The molecule has 1 unspecified atom stereocenters. The number of aliphatic hydroxyl groups is 2. The largest absolute Gasteiger partial charge is 0.421 e. The molecule has 3 aromatic rings. The minimum atomic E-state index is -0.681. The normalized spacial score (nSPS) is 20.9. The molecule has 36 heavy (non-hydrogen) atoms. The van der Waals surface area contributed by atoms with Gasteiger partial charge in [0.2, 0.25) is 0 Å². The van der Waals surface area contributed by atoms with Gasteiger partial charge in [-0.15, -0.1) is 0 Å². The maximum atomic E-state index is 10.5. The summed E-state index contributed by atoms with van der Waals surface area (Å²) < 4.78 is 6.32. The van der Waals surface area contributed by atoms with E-state index in [0.29, 0.717) is 33.5 Å². The van der Waals surface area contributed by atoms with Gasteiger partial charge in [0, 0.05) is 41.8 Å². The van der Waals surface area contributed by atoms with E-state index in [0.717, 1.165) is 55.1 Å². The number of aliphatic hydroxyl groups excluding tert-OH is 2. The van der Waals surface area contributed by atoms with Crippen molar-refractivity contribution in [1.82, 2.24) is 9.88 Å². The fraction of sp³-hybridized carbons (Fsp3) is 0.519. The highest BCUT2D eigenvalue weighted by atomic mass is 35.5. The highest BCUT2D eigenvalue weighted by Crippen LogP contribution is 2.40. The lowest BCUT2D eigenvalue weighted by molar-refractivity contribution is 0.100. The number of benzene rings is 2. The Kier molecular flexibility index (Phi) is 7.65. The van der Waals surface area contributed by atoms with E-state index in [9.17, 15) is 10.2 Å². The topological polar surface area (TPSA) is 85.0 Å². The lowest BCUT2D eigenvalue weighted by Gasteiger charge is -2.45. The number of β-amino-alcohol motifs (C(OH)–C–C–N with tert-alkyl or cyclic N) is 1. The summed E-state index contributed by atoms with van der Waals surface area (Å²) in [4.78, 5) is 9.35. The van der Waals surface area contributed by atoms with Crippen molar-refractivity contribution in [3.63, 3.8) is 0 Å². The molecular weight excluding hydrogens is 499 g/mol. The molecule has 0 spiro atoms. The zero-order chi connectivity index (χ0) is 25.4. The van der Waals surface area contributed by atoms with E-state index in [4.69, 9.17) is 32.6 Å². The predicted molar refractivity (Wildman–Crippen MR) is 145 cm³/mol. The van der Waals surface area contributed by atoms with Crippen LogP contribution in [0.1, 0.15) is 50.0 Å². The summed E-state index contributed by atoms with van der Waals surface area (Å²) in [6, 6.07) is 9.73. The fourth-order valence-electron chi connectivity index (χ4n) is 5.56. The predicted octanol–water partition coefficient (Wildman–Crippen LogP) is 5.50. The van der Waals surface area contributed by atoms with Crippen molar-refractivity contribution in [2.45, 2.75) is 38.8 Å². The second kappa shape index (κ2) is 10.8. The number of hydrogen-bond acceptors (Lipinski definition) is 7. The van der Waals surface area contributed by atoms with E-state index < -0.39 is 6.10 Å². The first-order chi connectivity index (χ1) is 17.3. The van der Waals surface area contributed by atoms with Gasteiger partial charge >= 0.3 is 0 Å². The Balaban J connectivity index is 1.35. The summed E-state index contributed by atoms with van der Waals surface area (Å²) in [5, 5.41) is 24.4. The van der Waals surface area contributed by atoms with Crippen molar-refractivity contribution in [1.29, 1.82) is 0 Å². The van der Waals surface area contributed by atoms with Gasteiger partial charge in [0.05, 0.1) is 24.4 Å². The third-order valence-electron chi connectivity index (χ3n) is 7.62. The van der Waals surface area contributed by atoms with E-state index >= 15 is 0 Å². The Labute approximate surface area is 222 Å². The molecular formula is C27H34Cl2N4O3. The van der Waals surface area contributed by atoms with Crippen LogP contribution in [0.2, 0.25) is 10.0 Å². The molecule has 1 aromatic heterocycles. The van der Waals surface area contributed by atoms with Gasteiger partial charge in [-0.05, 0) is 68.8 Å². The molecule has 3 N–H and O–H groups in total.